The molecule has 0 unspecified atom stereocenters. The number of carbonyl (C=O) groups is 1. The summed E-state index contributed by atoms with van der Waals surface area (Å²) in [5, 5.41) is 0. The Bertz CT molecular complexity index is 1100. The average molecular weight is 450 g/mol. The lowest BCUT2D eigenvalue weighted by Gasteiger charge is -2.49. The van der Waals surface area contributed by atoms with Gasteiger partial charge in [0.15, 0.2) is 0 Å². The molecule has 0 radical (unpaired) electrons. The van der Waals surface area contributed by atoms with Gasteiger partial charge in [0.2, 0.25) is 0 Å². The second-order valence-electron chi connectivity index (χ2n) is 10.3. The number of ether oxygens (including phenoxy) is 4. The van der Waals surface area contributed by atoms with Crippen molar-refractivity contribution in [2.75, 3.05) is 6.61 Å². The molecule has 0 N–H and O–H groups in total. The van der Waals surface area contributed by atoms with E-state index in [1.165, 1.54) is 0 Å². The van der Waals surface area contributed by atoms with Crippen molar-refractivity contribution < 1.29 is 23.7 Å². The highest BCUT2D eigenvalue weighted by atomic mass is 16.6. The number of hydrogen-bond acceptors (Lipinski definition) is 5. The fraction of sp³-hybridized carbons (Fsp3) is 0.444. The summed E-state index contributed by atoms with van der Waals surface area (Å²) in [4.78, 5) is 15.1. The molecule has 3 aliphatic heterocycles. The van der Waals surface area contributed by atoms with E-state index in [4.69, 9.17) is 18.9 Å². The molecular formula is C27H31NO5. The predicted octanol–water partition coefficient (Wildman–Crippen LogP) is 5.15. The fourth-order valence-electron chi connectivity index (χ4n) is 5.35. The van der Waals surface area contributed by atoms with E-state index in [2.05, 4.69) is 30.3 Å². The average Bonchev–Trinajstić information content (AvgIpc) is 3.08. The molecule has 0 aromatic heterocycles. The minimum atomic E-state index is -0.830. The van der Waals surface area contributed by atoms with Crippen LogP contribution in [-0.2, 0) is 26.2 Å². The maximum Gasteiger partial charge on any atom is 0.412 e. The Balaban J connectivity index is 1.67. The lowest BCUT2D eigenvalue weighted by Crippen LogP contribution is -2.60. The van der Waals surface area contributed by atoms with Gasteiger partial charge in [0.05, 0.1) is 37.0 Å². The molecule has 5 rings (SSSR count). The monoisotopic (exact) mass is 449 g/mol. The quantitative estimate of drug-likeness (QED) is 0.603. The first-order valence-corrected chi connectivity index (χ1v) is 11.4. The number of nitrogens with zero attached hydrogens (tertiary/aromatic N) is 1. The maximum absolute atomic E-state index is 13.4. The molecule has 1 fully saturated rings. The van der Waals surface area contributed by atoms with Gasteiger partial charge in [-0.2, -0.15) is 0 Å². The number of amides is 1. The molecule has 1 amide bonds. The SMILES string of the molecule is CC(C)(C)OC(=O)N1[C@H]([C@H]2OCc3ccccc3[C@]23C=COc2ccccc23)COC1(C)C. The van der Waals surface area contributed by atoms with Gasteiger partial charge in [-0.25, -0.2) is 4.79 Å². The van der Waals surface area contributed by atoms with Crippen molar-refractivity contribution in [3.63, 3.8) is 0 Å². The number of para-hydroxylation sites is 1. The minimum Gasteiger partial charge on any atom is -0.465 e. The highest BCUT2D eigenvalue weighted by Gasteiger charge is 2.58. The van der Waals surface area contributed by atoms with Crippen LogP contribution in [0.25, 0.3) is 0 Å². The molecule has 3 heterocycles. The summed E-state index contributed by atoms with van der Waals surface area (Å²) in [6, 6.07) is 16.0. The predicted molar refractivity (Wildman–Crippen MR) is 124 cm³/mol. The fourth-order valence-corrected chi connectivity index (χ4v) is 5.35. The van der Waals surface area contributed by atoms with Crippen LogP contribution in [0.15, 0.2) is 60.9 Å². The number of hydrogen-bond donors (Lipinski definition) is 0. The van der Waals surface area contributed by atoms with Gasteiger partial charge in [-0.1, -0.05) is 42.5 Å². The number of fused-ring (bicyclic) bond motifs is 4. The Morgan fingerprint density at radius 1 is 1.06 bits per heavy atom. The van der Waals surface area contributed by atoms with Gasteiger partial charge in [0.25, 0.3) is 0 Å². The van der Waals surface area contributed by atoms with Crippen molar-refractivity contribution in [3.8, 4) is 5.75 Å². The van der Waals surface area contributed by atoms with Gasteiger partial charge in [0, 0.05) is 5.56 Å². The topological polar surface area (TPSA) is 57.2 Å². The third-order valence-electron chi connectivity index (χ3n) is 6.65. The first kappa shape index (κ1) is 22.0. The summed E-state index contributed by atoms with van der Waals surface area (Å²) in [6.07, 6.45) is 3.00. The molecule has 1 saturated heterocycles. The zero-order valence-corrected chi connectivity index (χ0v) is 19.8. The molecule has 3 aliphatic rings. The highest BCUT2D eigenvalue weighted by molar-refractivity contribution is 5.70. The first-order chi connectivity index (χ1) is 15.6. The molecule has 2 aromatic rings. The van der Waals surface area contributed by atoms with E-state index in [0.717, 1.165) is 22.4 Å². The first-order valence-electron chi connectivity index (χ1n) is 11.4. The summed E-state index contributed by atoms with van der Waals surface area (Å²) in [5.74, 6) is 0.785. The van der Waals surface area contributed by atoms with Crippen LogP contribution >= 0.6 is 0 Å². The van der Waals surface area contributed by atoms with Crippen molar-refractivity contribution >= 4 is 6.09 Å². The second-order valence-corrected chi connectivity index (χ2v) is 10.3. The Hall–Kier alpha value is -2.83. The van der Waals surface area contributed by atoms with Crippen LogP contribution in [0.2, 0.25) is 0 Å². The molecule has 3 atom stereocenters. The molecule has 6 nitrogen and oxygen atoms in total. The van der Waals surface area contributed by atoms with Gasteiger partial charge in [-0.05, 0) is 57.9 Å². The molecule has 6 heteroatoms. The molecule has 2 aromatic carbocycles. The normalized spacial score (nSPS) is 27.6. The van der Waals surface area contributed by atoms with Gasteiger partial charge in [-0.3, -0.25) is 4.90 Å². The van der Waals surface area contributed by atoms with E-state index >= 15 is 0 Å². The molecule has 0 bridgehead atoms. The molecule has 1 spiro atoms. The van der Waals surface area contributed by atoms with Crippen LogP contribution in [0.4, 0.5) is 4.79 Å². The van der Waals surface area contributed by atoms with E-state index in [1.54, 1.807) is 11.2 Å². The third kappa shape index (κ3) is 3.52. The Morgan fingerprint density at radius 2 is 1.76 bits per heavy atom. The third-order valence-corrected chi connectivity index (χ3v) is 6.65. The number of carbonyl (C=O) groups excluding carboxylic acids is 1. The van der Waals surface area contributed by atoms with Crippen LogP contribution in [0, 0.1) is 0 Å². The number of rotatable bonds is 1. The molecule has 0 saturated carbocycles. The Morgan fingerprint density at radius 3 is 2.52 bits per heavy atom. The van der Waals surface area contributed by atoms with Crippen molar-refractivity contribution in [1.82, 2.24) is 4.90 Å². The van der Waals surface area contributed by atoms with E-state index in [-0.39, 0.29) is 6.04 Å². The zero-order valence-electron chi connectivity index (χ0n) is 19.8. The standard InChI is InChI=1S/C27H31NO5/c1-25(2,3)33-24(29)28-21(17-32-26(28,4)5)23-27(19-11-7-6-10-18(19)16-31-23)14-15-30-22-13-9-8-12-20(22)27/h6-15,21,23H,16-17H2,1-5H3/t21-,23+,27-/m0/s1. The van der Waals surface area contributed by atoms with Crippen molar-refractivity contribution in [2.24, 2.45) is 0 Å². The van der Waals surface area contributed by atoms with Crippen LogP contribution in [-0.4, -0.2) is 41.1 Å². The molecule has 0 aliphatic carbocycles. The summed E-state index contributed by atoms with van der Waals surface area (Å²) in [6.45, 7) is 10.2. The van der Waals surface area contributed by atoms with Crippen LogP contribution in [0.5, 0.6) is 5.75 Å². The summed E-state index contributed by atoms with van der Waals surface area (Å²) < 4.78 is 24.4. The minimum absolute atomic E-state index is 0.345. The zero-order chi connectivity index (χ0) is 23.4. The largest absolute Gasteiger partial charge is 0.465 e. The lowest BCUT2D eigenvalue weighted by molar-refractivity contribution is -0.0837. The van der Waals surface area contributed by atoms with E-state index < -0.39 is 28.9 Å². The van der Waals surface area contributed by atoms with Crippen LogP contribution in [0.1, 0.15) is 51.3 Å². The highest BCUT2D eigenvalue weighted by Crippen LogP contribution is 2.51. The molecular weight excluding hydrogens is 418 g/mol. The van der Waals surface area contributed by atoms with Gasteiger partial charge >= 0.3 is 6.09 Å². The maximum atomic E-state index is 13.4. The van der Waals surface area contributed by atoms with Crippen LogP contribution in [0.3, 0.4) is 0 Å². The van der Waals surface area contributed by atoms with Crippen molar-refractivity contribution in [3.05, 3.63) is 77.6 Å². The smallest absolute Gasteiger partial charge is 0.412 e. The van der Waals surface area contributed by atoms with Crippen LogP contribution < -0.4 is 4.74 Å². The van der Waals surface area contributed by atoms with Gasteiger partial charge in [0.1, 0.15) is 17.1 Å². The van der Waals surface area contributed by atoms with Gasteiger partial charge in [-0.15, -0.1) is 0 Å². The van der Waals surface area contributed by atoms with Gasteiger partial charge < -0.3 is 18.9 Å². The summed E-state index contributed by atoms with van der Waals surface area (Å²) in [5.41, 5.74) is 1.20. The molecule has 33 heavy (non-hydrogen) atoms. The summed E-state index contributed by atoms with van der Waals surface area (Å²) >= 11 is 0. The Labute approximate surface area is 195 Å². The molecule has 174 valence electrons. The summed E-state index contributed by atoms with van der Waals surface area (Å²) in [7, 11) is 0. The lowest BCUT2D eigenvalue weighted by atomic mass is 9.65. The van der Waals surface area contributed by atoms with Crippen molar-refractivity contribution in [2.45, 2.75) is 70.1 Å². The second kappa shape index (κ2) is 7.61. The van der Waals surface area contributed by atoms with E-state index in [9.17, 15) is 4.79 Å². The van der Waals surface area contributed by atoms with E-state index in [1.807, 2.05) is 58.9 Å². The Kier molecular flexibility index (Phi) is 5.07. The van der Waals surface area contributed by atoms with E-state index in [0.29, 0.717) is 13.2 Å². The van der Waals surface area contributed by atoms with Crippen molar-refractivity contribution in [1.29, 1.82) is 0 Å². The number of benzene rings is 2.